The number of hydrogen-bond acceptors (Lipinski definition) is 3. The number of hydrogen-bond donors (Lipinski definition) is 0. The van der Waals surface area contributed by atoms with E-state index in [1.807, 2.05) is 0 Å². The number of aryl methyl sites for hydroxylation is 1. The van der Waals surface area contributed by atoms with Crippen molar-refractivity contribution < 1.29 is 12.8 Å². The quantitative estimate of drug-likeness (QED) is 0.801. The normalized spacial score (nSPS) is 11.4. The zero-order chi connectivity index (χ0) is 13.2. The van der Waals surface area contributed by atoms with Crippen molar-refractivity contribution in [1.29, 1.82) is 0 Å². The SMILES string of the molecule is Cc1cccc(CS(=O)(=O)c2ccc(F)cc2)n1. The summed E-state index contributed by atoms with van der Waals surface area (Å²) in [4.78, 5) is 4.25. The highest BCUT2D eigenvalue weighted by atomic mass is 32.2. The maximum absolute atomic E-state index is 12.7. The predicted octanol–water partition coefficient (Wildman–Crippen LogP) is 2.50. The van der Waals surface area contributed by atoms with E-state index in [2.05, 4.69) is 4.98 Å². The second-order valence-corrected chi connectivity index (χ2v) is 5.97. The van der Waals surface area contributed by atoms with Gasteiger partial charge in [-0.1, -0.05) is 6.07 Å². The van der Waals surface area contributed by atoms with Gasteiger partial charge in [0.05, 0.1) is 16.3 Å². The van der Waals surface area contributed by atoms with Crippen molar-refractivity contribution >= 4 is 9.84 Å². The molecule has 2 aromatic rings. The van der Waals surface area contributed by atoms with Crippen LogP contribution in [-0.2, 0) is 15.6 Å². The first-order valence-electron chi connectivity index (χ1n) is 5.38. The summed E-state index contributed by atoms with van der Waals surface area (Å²) < 4.78 is 36.9. The maximum atomic E-state index is 12.7. The molecule has 0 saturated heterocycles. The highest BCUT2D eigenvalue weighted by Crippen LogP contribution is 2.16. The molecule has 5 heteroatoms. The van der Waals surface area contributed by atoms with Gasteiger partial charge in [-0.05, 0) is 43.3 Å². The van der Waals surface area contributed by atoms with Gasteiger partial charge >= 0.3 is 0 Å². The van der Waals surface area contributed by atoms with Gasteiger partial charge in [0.15, 0.2) is 9.84 Å². The smallest absolute Gasteiger partial charge is 0.184 e. The van der Waals surface area contributed by atoms with Gasteiger partial charge in [-0.3, -0.25) is 4.98 Å². The van der Waals surface area contributed by atoms with Crippen LogP contribution in [0.4, 0.5) is 4.39 Å². The van der Waals surface area contributed by atoms with Crippen LogP contribution in [-0.4, -0.2) is 13.4 Å². The second kappa shape index (κ2) is 4.86. The average Bonchev–Trinajstić information content (AvgIpc) is 2.29. The van der Waals surface area contributed by atoms with Crippen molar-refractivity contribution in [3.8, 4) is 0 Å². The highest BCUT2D eigenvalue weighted by molar-refractivity contribution is 7.90. The minimum absolute atomic E-state index is 0.104. The fourth-order valence-electron chi connectivity index (χ4n) is 1.60. The standard InChI is InChI=1S/C13H12FNO2S/c1-10-3-2-4-12(15-10)9-18(16,17)13-7-5-11(14)6-8-13/h2-8H,9H2,1H3. The van der Waals surface area contributed by atoms with Crippen LogP contribution in [0.25, 0.3) is 0 Å². The van der Waals surface area contributed by atoms with Crippen molar-refractivity contribution in [1.82, 2.24) is 4.98 Å². The number of halogens is 1. The predicted molar refractivity (Wildman–Crippen MR) is 66.3 cm³/mol. The Morgan fingerprint density at radius 3 is 2.39 bits per heavy atom. The third-order valence-corrected chi connectivity index (χ3v) is 4.12. The first-order chi connectivity index (χ1) is 8.47. The van der Waals surface area contributed by atoms with Crippen molar-refractivity contribution in [2.24, 2.45) is 0 Å². The Morgan fingerprint density at radius 1 is 1.11 bits per heavy atom. The molecule has 18 heavy (non-hydrogen) atoms. The fraction of sp³-hybridized carbons (Fsp3) is 0.154. The molecule has 0 spiro atoms. The van der Waals surface area contributed by atoms with Crippen molar-refractivity contribution in [3.05, 3.63) is 59.7 Å². The van der Waals surface area contributed by atoms with Crippen molar-refractivity contribution in [2.75, 3.05) is 0 Å². The number of aromatic nitrogens is 1. The summed E-state index contributed by atoms with van der Waals surface area (Å²) >= 11 is 0. The van der Waals surface area contributed by atoms with Crippen LogP contribution in [0.1, 0.15) is 11.4 Å². The van der Waals surface area contributed by atoms with Gasteiger partial charge in [-0.15, -0.1) is 0 Å². The van der Waals surface area contributed by atoms with Gasteiger partial charge in [0.1, 0.15) is 5.82 Å². The maximum Gasteiger partial charge on any atom is 0.184 e. The Bertz CT molecular complexity index is 651. The molecule has 3 nitrogen and oxygen atoms in total. The van der Waals surface area contributed by atoms with E-state index in [1.165, 1.54) is 12.1 Å². The first kappa shape index (κ1) is 12.7. The van der Waals surface area contributed by atoms with Crippen molar-refractivity contribution in [3.63, 3.8) is 0 Å². The summed E-state index contributed by atoms with van der Waals surface area (Å²) in [7, 11) is -3.48. The largest absolute Gasteiger partial charge is 0.257 e. The summed E-state index contributed by atoms with van der Waals surface area (Å²) in [6.07, 6.45) is 0. The fourth-order valence-corrected chi connectivity index (χ4v) is 2.87. The second-order valence-electron chi connectivity index (χ2n) is 3.98. The molecule has 1 aromatic heterocycles. The Kier molecular flexibility index (Phi) is 3.43. The summed E-state index contributed by atoms with van der Waals surface area (Å²) in [5.41, 5.74) is 1.25. The number of benzene rings is 1. The molecule has 0 radical (unpaired) electrons. The van der Waals surface area contributed by atoms with Gasteiger partial charge < -0.3 is 0 Å². The monoisotopic (exact) mass is 265 g/mol. The Labute approximate surface area is 105 Å². The molecule has 0 fully saturated rings. The molecule has 0 saturated carbocycles. The lowest BCUT2D eigenvalue weighted by Crippen LogP contribution is -2.06. The summed E-state index contributed by atoms with van der Waals surface area (Å²) in [5.74, 6) is -0.636. The molecule has 0 aliphatic heterocycles. The van der Waals surface area contributed by atoms with E-state index in [1.54, 1.807) is 25.1 Å². The molecule has 2 rings (SSSR count). The minimum atomic E-state index is -3.48. The molecule has 1 aromatic carbocycles. The average molecular weight is 265 g/mol. The van der Waals surface area contributed by atoms with E-state index in [0.717, 1.165) is 17.8 Å². The van der Waals surface area contributed by atoms with Gasteiger partial charge in [0.2, 0.25) is 0 Å². The highest BCUT2D eigenvalue weighted by Gasteiger charge is 2.16. The van der Waals surface area contributed by atoms with Crippen LogP contribution >= 0.6 is 0 Å². The molecule has 0 aliphatic carbocycles. The first-order valence-corrected chi connectivity index (χ1v) is 7.03. The van der Waals surface area contributed by atoms with Crippen LogP contribution < -0.4 is 0 Å². The van der Waals surface area contributed by atoms with E-state index in [-0.39, 0.29) is 10.6 Å². The number of sulfone groups is 1. The molecule has 1 heterocycles. The molecule has 0 amide bonds. The molecule has 0 unspecified atom stereocenters. The third-order valence-electron chi connectivity index (χ3n) is 2.46. The minimum Gasteiger partial charge on any atom is -0.257 e. The number of nitrogens with zero attached hydrogens (tertiary/aromatic N) is 1. The molecule has 0 aliphatic rings. The lowest BCUT2D eigenvalue weighted by Gasteiger charge is -2.04. The Balaban J connectivity index is 2.30. The van der Waals surface area contributed by atoms with E-state index < -0.39 is 15.7 Å². The van der Waals surface area contributed by atoms with Gasteiger partial charge in [0, 0.05) is 5.69 Å². The van der Waals surface area contributed by atoms with E-state index in [9.17, 15) is 12.8 Å². The molecular formula is C13H12FNO2S. The Morgan fingerprint density at radius 2 is 1.78 bits per heavy atom. The van der Waals surface area contributed by atoms with Gasteiger partial charge in [-0.25, -0.2) is 12.8 Å². The van der Waals surface area contributed by atoms with Gasteiger partial charge in [-0.2, -0.15) is 0 Å². The molecule has 0 atom stereocenters. The molecular weight excluding hydrogens is 253 g/mol. The topological polar surface area (TPSA) is 47.0 Å². The summed E-state index contributed by atoms with van der Waals surface area (Å²) in [5, 5.41) is 0. The van der Waals surface area contributed by atoms with Crippen LogP contribution in [0.3, 0.4) is 0 Å². The molecule has 94 valence electrons. The van der Waals surface area contributed by atoms with Gasteiger partial charge in [0.25, 0.3) is 0 Å². The molecule has 0 N–H and O–H groups in total. The Hall–Kier alpha value is -1.75. The van der Waals surface area contributed by atoms with E-state index in [4.69, 9.17) is 0 Å². The summed E-state index contributed by atoms with van der Waals surface area (Å²) in [6.45, 7) is 1.80. The molecule has 0 bridgehead atoms. The lowest BCUT2D eigenvalue weighted by atomic mass is 10.3. The zero-order valence-electron chi connectivity index (χ0n) is 9.80. The van der Waals surface area contributed by atoms with Crippen LogP contribution in [0.5, 0.6) is 0 Å². The van der Waals surface area contributed by atoms with Crippen molar-refractivity contribution in [2.45, 2.75) is 17.6 Å². The number of rotatable bonds is 3. The number of pyridine rings is 1. The van der Waals surface area contributed by atoms with Crippen LogP contribution in [0.2, 0.25) is 0 Å². The van der Waals surface area contributed by atoms with Crippen LogP contribution in [0, 0.1) is 12.7 Å². The lowest BCUT2D eigenvalue weighted by molar-refractivity contribution is 0.593. The third kappa shape index (κ3) is 2.92. The van der Waals surface area contributed by atoms with E-state index in [0.29, 0.717) is 5.69 Å². The van der Waals surface area contributed by atoms with E-state index >= 15 is 0 Å². The zero-order valence-corrected chi connectivity index (χ0v) is 10.6. The van der Waals surface area contributed by atoms with Crippen LogP contribution in [0.15, 0.2) is 47.4 Å². The summed E-state index contributed by atoms with van der Waals surface area (Å²) in [6, 6.07) is 10.0.